The fraction of sp³-hybridized carbons (Fsp3) is 0.381. The van der Waals surface area contributed by atoms with Crippen molar-refractivity contribution in [2.24, 2.45) is 0 Å². The molecule has 0 saturated carbocycles. The molecule has 0 N–H and O–H groups in total. The summed E-state index contributed by atoms with van der Waals surface area (Å²) in [6, 6.07) is 13.5. The van der Waals surface area contributed by atoms with E-state index in [1.54, 1.807) is 0 Å². The molecule has 0 bridgehead atoms. The topological polar surface area (TPSA) is 64.4 Å². The molecule has 0 spiro atoms. The van der Waals surface area contributed by atoms with Crippen LogP contribution < -0.4 is 0 Å². The lowest BCUT2D eigenvalue weighted by molar-refractivity contribution is -0.131. The van der Waals surface area contributed by atoms with E-state index in [0.717, 1.165) is 37.5 Å². The quantitative estimate of drug-likeness (QED) is 0.720. The van der Waals surface area contributed by atoms with Crippen LogP contribution in [0.5, 0.6) is 0 Å². The third-order valence-corrected chi connectivity index (χ3v) is 5.70. The number of amides is 1. The van der Waals surface area contributed by atoms with Crippen LogP contribution in [0, 0.1) is 11.3 Å². The van der Waals surface area contributed by atoms with Crippen LogP contribution in [0.4, 0.5) is 0 Å². The predicted octanol–water partition coefficient (Wildman–Crippen LogP) is 3.32. The van der Waals surface area contributed by atoms with Crippen molar-refractivity contribution in [2.75, 3.05) is 26.2 Å². The number of carbonyl (C=O) groups excluding carboxylic acids is 2. The van der Waals surface area contributed by atoms with E-state index in [4.69, 9.17) is 5.26 Å². The minimum Gasteiger partial charge on any atom is -0.341 e. The largest absolute Gasteiger partial charge is 0.341 e. The van der Waals surface area contributed by atoms with Gasteiger partial charge in [-0.15, -0.1) is 11.3 Å². The summed E-state index contributed by atoms with van der Waals surface area (Å²) in [4.78, 5) is 29.5. The van der Waals surface area contributed by atoms with Gasteiger partial charge in [0.15, 0.2) is 5.78 Å². The van der Waals surface area contributed by atoms with E-state index in [9.17, 15) is 9.59 Å². The molecule has 0 unspecified atom stereocenters. The first kappa shape index (κ1) is 19.3. The third-order valence-electron chi connectivity index (χ3n) is 4.79. The number of thiophene rings is 1. The van der Waals surface area contributed by atoms with Crippen LogP contribution in [0.2, 0.25) is 0 Å². The molecule has 3 rings (SSSR count). The number of hydrogen-bond donors (Lipinski definition) is 0. The summed E-state index contributed by atoms with van der Waals surface area (Å²) in [5.41, 5.74) is 1.85. The van der Waals surface area contributed by atoms with Gasteiger partial charge in [-0.1, -0.05) is 18.2 Å². The third kappa shape index (κ3) is 5.49. The molecule has 5 nitrogen and oxygen atoms in total. The number of benzene rings is 1. The fourth-order valence-corrected chi connectivity index (χ4v) is 3.95. The Balaban J connectivity index is 1.46. The highest BCUT2D eigenvalue weighted by Crippen LogP contribution is 2.14. The molecule has 1 saturated heterocycles. The number of hydrogen-bond acceptors (Lipinski definition) is 5. The van der Waals surface area contributed by atoms with E-state index in [1.165, 1.54) is 16.9 Å². The maximum atomic E-state index is 12.5. The Bertz CT molecular complexity index is 809. The van der Waals surface area contributed by atoms with Crippen LogP contribution in [-0.4, -0.2) is 47.7 Å². The maximum Gasteiger partial charge on any atom is 0.223 e. The van der Waals surface area contributed by atoms with Gasteiger partial charge in [0.05, 0.1) is 16.5 Å². The van der Waals surface area contributed by atoms with E-state index in [-0.39, 0.29) is 24.5 Å². The predicted molar refractivity (Wildman–Crippen MR) is 106 cm³/mol. The van der Waals surface area contributed by atoms with Gasteiger partial charge in [-0.3, -0.25) is 14.5 Å². The Morgan fingerprint density at radius 2 is 1.85 bits per heavy atom. The van der Waals surface area contributed by atoms with E-state index in [1.807, 2.05) is 46.7 Å². The minimum atomic E-state index is 0.0515. The van der Waals surface area contributed by atoms with E-state index < -0.39 is 0 Å². The van der Waals surface area contributed by atoms with Crippen LogP contribution >= 0.6 is 11.3 Å². The van der Waals surface area contributed by atoms with Gasteiger partial charge < -0.3 is 4.90 Å². The lowest BCUT2D eigenvalue weighted by Crippen LogP contribution is -2.35. The van der Waals surface area contributed by atoms with E-state index in [0.29, 0.717) is 12.1 Å². The zero-order chi connectivity index (χ0) is 19.1. The average Bonchev–Trinajstić information content (AvgIpc) is 3.14. The second kappa shape index (κ2) is 9.45. The van der Waals surface area contributed by atoms with Crippen molar-refractivity contribution in [1.82, 2.24) is 9.80 Å². The van der Waals surface area contributed by atoms with Crippen LogP contribution in [0.25, 0.3) is 0 Å². The van der Waals surface area contributed by atoms with Crippen molar-refractivity contribution in [1.29, 1.82) is 5.26 Å². The first-order valence-corrected chi connectivity index (χ1v) is 10.1. The number of nitrogens with zero attached hydrogens (tertiary/aromatic N) is 3. The SMILES string of the molecule is N#Cc1ccc(CN2CCCN(C(=O)CCC(=O)c3cccs3)CC2)cc1. The zero-order valence-corrected chi connectivity index (χ0v) is 16.1. The summed E-state index contributed by atoms with van der Waals surface area (Å²) in [5.74, 6) is 0.121. The van der Waals surface area contributed by atoms with Crippen molar-refractivity contribution in [2.45, 2.75) is 25.8 Å². The van der Waals surface area contributed by atoms with Crippen LogP contribution in [0.3, 0.4) is 0 Å². The number of nitriles is 1. The molecule has 1 aromatic carbocycles. The van der Waals surface area contributed by atoms with Crippen molar-refractivity contribution in [3.05, 3.63) is 57.8 Å². The highest BCUT2D eigenvalue weighted by Gasteiger charge is 2.20. The smallest absolute Gasteiger partial charge is 0.223 e. The molecule has 1 aliphatic heterocycles. The Kier molecular flexibility index (Phi) is 6.74. The molecule has 27 heavy (non-hydrogen) atoms. The first-order valence-electron chi connectivity index (χ1n) is 9.21. The monoisotopic (exact) mass is 381 g/mol. The highest BCUT2D eigenvalue weighted by atomic mass is 32.1. The van der Waals surface area contributed by atoms with Crippen LogP contribution in [0.1, 0.15) is 40.1 Å². The normalized spacial score (nSPS) is 15.1. The molecule has 0 atom stereocenters. The summed E-state index contributed by atoms with van der Waals surface area (Å²) in [7, 11) is 0. The summed E-state index contributed by atoms with van der Waals surface area (Å²) >= 11 is 1.43. The summed E-state index contributed by atoms with van der Waals surface area (Å²) in [6.45, 7) is 4.03. The van der Waals surface area contributed by atoms with Gasteiger partial charge >= 0.3 is 0 Å². The van der Waals surface area contributed by atoms with Crippen LogP contribution in [-0.2, 0) is 11.3 Å². The van der Waals surface area contributed by atoms with Gasteiger partial charge in [-0.05, 0) is 35.6 Å². The molecule has 1 aromatic heterocycles. The molecule has 6 heteroatoms. The second-order valence-electron chi connectivity index (χ2n) is 6.72. The molecule has 2 aromatic rings. The first-order chi connectivity index (χ1) is 13.2. The number of carbonyl (C=O) groups is 2. The van der Waals surface area contributed by atoms with Crippen molar-refractivity contribution >= 4 is 23.0 Å². The number of ketones is 1. The molecular formula is C21H23N3O2S. The molecule has 140 valence electrons. The van der Waals surface area contributed by atoms with E-state index >= 15 is 0 Å². The highest BCUT2D eigenvalue weighted by molar-refractivity contribution is 7.12. The van der Waals surface area contributed by atoms with Crippen LogP contribution in [0.15, 0.2) is 41.8 Å². The van der Waals surface area contributed by atoms with Gasteiger partial charge in [-0.25, -0.2) is 0 Å². The standard InChI is InChI=1S/C21H23N3O2S/c22-15-17-4-6-18(7-5-17)16-23-10-2-11-24(13-12-23)21(26)9-8-19(25)20-3-1-14-27-20/h1,3-7,14H,2,8-13,16H2. The lowest BCUT2D eigenvalue weighted by Gasteiger charge is -2.22. The fourth-order valence-electron chi connectivity index (χ4n) is 3.26. The molecular weight excluding hydrogens is 358 g/mol. The van der Waals surface area contributed by atoms with Crippen molar-refractivity contribution < 1.29 is 9.59 Å². The van der Waals surface area contributed by atoms with E-state index in [2.05, 4.69) is 11.0 Å². The molecule has 0 aliphatic carbocycles. The summed E-state index contributed by atoms with van der Waals surface area (Å²) in [5, 5.41) is 10.8. The van der Waals surface area contributed by atoms with Gasteiger partial charge in [0, 0.05) is 45.6 Å². The number of Topliss-reactive ketones (excluding diaryl/α,β-unsaturated/α-hetero) is 1. The van der Waals surface area contributed by atoms with Crippen molar-refractivity contribution in [3.8, 4) is 6.07 Å². The summed E-state index contributed by atoms with van der Waals surface area (Å²) < 4.78 is 0. The average molecular weight is 382 g/mol. The van der Waals surface area contributed by atoms with Gasteiger partial charge in [0.1, 0.15) is 0 Å². The zero-order valence-electron chi connectivity index (χ0n) is 15.3. The Morgan fingerprint density at radius 1 is 1.04 bits per heavy atom. The number of rotatable bonds is 6. The molecule has 1 amide bonds. The molecule has 1 fully saturated rings. The molecule has 0 radical (unpaired) electrons. The second-order valence-corrected chi connectivity index (χ2v) is 7.67. The molecule has 2 heterocycles. The molecule has 1 aliphatic rings. The van der Waals surface area contributed by atoms with Gasteiger partial charge in [0.2, 0.25) is 5.91 Å². The van der Waals surface area contributed by atoms with Gasteiger partial charge in [-0.2, -0.15) is 5.26 Å². The minimum absolute atomic E-state index is 0.0515. The Labute approximate surface area is 163 Å². The van der Waals surface area contributed by atoms with Gasteiger partial charge in [0.25, 0.3) is 0 Å². The Morgan fingerprint density at radius 3 is 2.56 bits per heavy atom. The Hall–Kier alpha value is -2.49. The maximum absolute atomic E-state index is 12.5. The van der Waals surface area contributed by atoms with Crippen molar-refractivity contribution in [3.63, 3.8) is 0 Å². The summed E-state index contributed by atoms with van der Waals surface area (Å²) in [6.07, 6.45) is 1.50. The lowest BCUT2D eigenvalue weighted by atomic mass is 10.1.